The minimum absolute atomic E-state index is 0.0919. The Hall–Kier alpha value is -2.07. The van der Waals surface area contributed by atoms with E-state index in [1.165, 1.54) is 19.3 Å². The van der Waals surface area contributed by atoms with E-state index >= 15 is 0 Å². The third-order valence-electron chi connectivity index (χ3n) is 6.37. The van der Waals surface area contributed by atoms with Gasteiger partial charge in [0.2, 0.25) is 5.88 Å². The summed E-state index contributed by atoms with van der Waals surface area (Å²) in [4.78, 5) is 5.02. The van der Waals surface area contributed by atoms with Crippen LogP contribution in [0.5, 0.6) is 5.88 Å². The first kappa shape index (κ1) is 19.9. The number of halogens is 2. The topological polar surface area (TPSA) is 48.1 Å². The highest BCUT2D eigenvalue weighted by Gasteiger charge is 2.42. The predicted octanol–water partition coefficient (Wildman–Crippen LogP) is 7.21. The molecule has 2 aromatic carbocycles. The maximum absolute atomic E-state index is 6.67. The van der Waals surface area contributed by atoms with Gasteiger partial charge in [0, 0.05) is 39.2 Å². The van der Waals surface area contributed by atoms with E-state index in [0.717, 1.165) is 47.2 Å². The van der Waals surface area contributed by atoms with Crippen molar-refractivity contribution in [3.63, 3.8) is 0 Å². The van der Waals surface area contributed by atoms with E-state index in [0.29, 0.717) is 15.9 Å². The maximum Gasteiger partial charge on any atom is 0.219 e. The summed E-state index contributed by atoms with van der Waals surface area (Å²) in [6.45, 7) is 0. The number of fused-ring (bicyclic) bond motifs is 1. The highest BCUT2D eigenvalue weighted by atomic mass is 35.5. The number of nitrogens with two attached hydrogens (primary N) is 1. The largest absolute Gasteiger partial charge is 0.471 e. The molecule has 1 spiro atoms. The average Bonchev–Trinajstić information content (AvgIpc) is 2.74. The van der Waals surface area contributed by atoms with Gasteiger partial charge in [-0.1, -0.05) is 60.0 Å². The van der Waals surface area contributed by atoms with Crippen LogP contribution in [-0.2, 0) is 0 Å². The molecule has 5 heteroatoms. The Morgan fingerprint density at radius 3 is 2.40 bits per heavy atom. The van der Waals surface area contributed by atoms with Crippen LogP contribution in [0.4, 0.5) is 0 Å². The fourth-order valence-corrected chi connectivity index (χ4v) is 5.18. The summed E-state index contributed by atoms with van der Waals surface area (Å²) >= 11 is 12.7. The van der Waals surface area contributed by atoms with Crippen LogP contribution in [0.15, 0.2) is 54.6 Å². The summed E-state index contributed by atoms with van der Waals surface area (Å²) in [5.41, 5.74) is 11.2. The third-order valence-corrected chi connectivity index (χ3v) is 6.95. The van der Waals surface area contributed by atoms with Gasteiger partial charge in [0.25, 0.3) is 0 Å². The van der Waals surface area contributed by atoms with Crippen molar-refractivity contribution in [2.24, 2.45) is 5.73 Å². The van der Waals surface area contributed by atoms with Crippen molar-refractivity contribution in [2.45, 2.75) is 50.2 Å². The molecule has 1 aliphatic heterocycles. The monoisotopic (exact) mass is 438 g/mol. The Balaban J connectivity index is 1.69. The van der Waals surface area contributed by atoms with Gasteiger partial charge in [0.1, 0.15) is 5.60 Å². The smallest absolute Gasteiger partial charge is 0.219 e. The van der Waals surface area contributed by atoms with Gasteiger partial charge < -0.3 is 10.5 Å². The fraction of sp³-hybridized carbons (Fsp3) is 0.320. The second-order valence-corrected chi connectivity index (χ2v) is 9.27. The molecule has 1 unspecified atom stereocenters. The molecule has 30 heavy (non-hydrogen) atoms. The predicted molar refractivity (Wildman–Crippen MR) is 123 cm³/mol. The molecule has 0 radical (unpaired) electrons. The van der Waals surface area contributed by atoms with Gasteiger partial charge in [-0.15, -0.1) is 0 Å². The summed E-state index contributed by atoms with van der Waals surface area (Å²) in [5, 5.41) is 1.36. The number of hydrogen-bond acceptors (Lipinski definition) is 3. The summed E-state index contributed by atoms with van der Waals surface area (Å²) < 4.78 is 6.59. The van der Waals surface area contributed by atoms with E-state index in [1.54, 1.807) is 0 Å². The van der Waals surface area contributed by atoms with E-state index in [9.17, 15) is 0 Å². The van der Waals surface area contributed by atoms with E-state index < -0.39 is 0 Å². The first-order valence-corrected chi connectivity index (χ1v) is 11.3. The molecular weight excluding hydrogens is 415 g/mol. The van der Waals surface area contributed by atoms with Gasteiger partial charge in [-0.2, -0.15) is 0 Å². The van der Waals surface area contributed by atoms with E-state index in [2.05, 4.69) is 6.07 Å². The van der Waals surface area contributed by atoms with Crippen LogP contribution >= 0.6 is 23.2 Å². The molecule has 1 fully saturated rings. The molecule has 5 rings (SSSR count). The first-order valence-electron chi connectivity index (χ1n) is 10.6. The van der Waals surface area contributed by atoms with Crippen LogP contribution in [0.2, 0.25) is 10.0 Å². The summed E-state index contributed by atoms with van der Waals surface area (Å²) in [5.74, 6) is 0.656. The second-order valence-electron chi connectivity index (χ2n) is 8.42. The average molecular weight is 439 g/mol. The summed E-state index contributed by atoms with van der Waals surface area (Å²) in [6, 6.07) is 17.6. The molecule has 2 aliphatic rings. The van der Waals surface area contributed by atoms with Crippen molar-refractivity contribution in [3.8, 4) is 28.3 Å². The lowest BCUT2D eigenvalue weighted by molar-refractivity contribution is -0.00236. The third kappa shape index (κ3) is 3.60. The van der Waals surface area contributed by atoms with Crippen molar-refractivity contribution < 1.29 is 4.74 Å². The highest BCUT2D eigenvalue weighted by Crippen LogP contribution is 2.47. The van der Waals surface area contributed by atoms with Crippen LogP contribution in [0, 0.1) is 0 Å². The van der Waals surface area contributed by atoms with Crippen LogP contribution in [0.25, 0.3) is 22.4 Å². The van der Waals surface area contributed by atoms with Gasteiger partial charge in [0.05, 0.1) is 5.69 Å². The van der Waals surface area contributed by atoms with Crippen molar-refractivity contribution in [2.75, 3.05) is 0 Å². The van der Waals surface area contributed by atoms with Gasteiger partial charge in [-0.05, 0) is 55.5 Å². The molecule has 0 bridgehead atoms. The zero-order valence-corrected chi connectivity index (χ0v) is 18.2. The number of pyridine rings is 1. The molecule has 1 saturated carbocycles. The minimum Gasteiger partial charge on any atom is -0.471 e. The fourth-order valence-electron chi connectivity index (χ4n) is 4.83. The number of hydrogen-bond donors (Lipinski definition) is 1. The van der Waals surface area contributed by atoms with Gasteiger partial charge in [0.15, 0.2) is 0 Å². The van der Waals surface area contributed by atoms with Crippen molar-refractivity contribution >= 4 is 23.2 Å². The molecule has 3 aromatic rings. The van der Waals surface area contributed by atoms with Crippen LogP contribution in [0.3, 0.4) is 0 Å². The Bertz CT molecular complexity index is 1080. The molecule has 2 N–H and O–H groups in total. The van der Waals surface area contributed by atoms with Crippen molar-refractivity contribution in [3.05, 3.63) is 70.2 Å². The lowest BCUT2D eigenvalue weighted by atomic mass is 9.77. The van der Waals surface area contributed by atoms with Crippen molar-refractivity contribution in [1.82, 2.24) is 4.98 Å². The molecule has 2 heterocycles. The molecule has 0 saturated heterocycles. The van der Waals surface area contributed by atoms with Gasteiger partial charge in [-0.25, -0.2) is 4.98 Å². The molecule has 1 aromatic heterocycles. The maximum atomic E-state index is 6.67. The minimum atomic E-state index is -0.183. The molecule has 154 valence electrons. The molecule has 1 aliphatic carbocycles. The number of nitrogens with zero attached hydrogens (tertiary/aromatic N) is 1. The highest BCUT2D eigenvalue weighted by molar-refractivity contribution is 6.33. The van der Waals surface area contributed by atoms with Crippen LogP contribution in [-0.4, -0.2) is 10.6 Å². The summed E-state index contributed by atoms with van der Waals surface area (Å²) in [7, 11) is 0. The standard InChI is InChI=1S/C25H24Cl2N2O/c26-17-10-8-16(9-11-17)19-14-20-22(28)15-25(12-4-1-5-13-25)30-24(20)29-23(19)18-6-2-3-7-21(18)27/h2-3,6-11,14,22H,1,4-5,12-13,15,28H2. The SMILES string of the molecule is NC1CC2(CCCCC2)Oc2nc(-c3ccccc3Cl)c(-c3ccc(Cl)cc3)cc21. The normalized spacial score (nSPS) is 19.9. The zero-order chi connectivity index (χ0) is 20.7. The number of rotatable bonds is 2. The first-order chi connectivity index (χ1) is 14.5. The molecular formula is C25H24Cl2N2O. The zero-order valence-electron chi connectivity index (χ0n) is 16.7. The Kier molecular flexibility index (Phi) is 5.22. The molecule has 1 atom stereocenters. The quantitative estimate of drug-likeness (QED) is 0.459. The number of benzene rings is 2. The van der Waals surface area contributed by atoms with E-state index in [1.807, 2.05) is 48.5 Å². The Morgan fingerprint density at radius 1 is 0.933 bits per heavy atom. The summed E-state index contributed by atoms with van der Waals surface area (Å²) in [6.07, 6.45) is 6.56. The van der Waals surface area contributed by atoms with Crippen LogP contribution in [0.1, 0.15) is 50.1 Å². The van der Waals surface area contributed by atoms with E-state index in [-0.39, 0.29) is 11.6 Å². The second kappa shape index (κ2) is 7.88. The number of aromatic nitrogens is 1. The Morgan fingerprint density at radius 2 is 1.67 bits per heavy atom. The molecule has 3 nitrogen and oxygen atoms in total. The van der Waals surface area contributed by atoms with E-state index in [4.69, 9.17) is 38.7 Å². The number of ether oxygens (including phenoxy) is 1. The Labute approximate surface area is 187 Å². The van der Waals surface area contributed by atoms with Gasteiger partial charge in [-0.3, -0.25) is 0 Å². The van der Waals surface area contributed by atoms with Crippen LogP contribution < -0.4 is 10.5 Å². The lowest BCUT2D eigenvalue weighted by Crippen LogP contribution is -2.44. The molecule has 0 amide bonds. The van der Waals surface area contributed by atoms with Crippen molar-refractivity contribution in [1.29, 1.82) is 0 Å². The van der Waals surface area contributed by atoms with Gasteiger partial charge >= 0.3 is 0 Å². The lowest BCUT2D eigenvalue weighted by Gasteiger charge is -2.43.